The number of anilines is 1. The molecule has 2 N–H and O–H groups in total. The van der Waals surface area contributed by atoms with Gasteiger partial charge in [-0.25, -0.2) is 4.79 Å². The van der Waals surface area contributed by atoms with Crippen LogP contribution >= 0.6 is 23.4 Å². The second kappa shape index (κ2) is 9.96. The van der Waals surface area contributed by atoms with E-state index in [1.807, 2.05) is 36.4 Å². The summed E-state index contributed by atoms with van der Waals surface area (Å²) in [6.45, 7) is -0.433. The Morgan fingerprint density at radius 1 is 1.03 bits per heavy atom. The number of carbonyl (C=O) groups excluding carboxylic acids is 3. The van der Waals surface area contributed by atoms with Gasteiger partial charge in [0.1, 0.15) is 18.1 Å². The summed E-state index contributed by atoms with van der Waals surface area (Å²) in [6.07, 6.45) is 1.41. The van der Waals surface area contributed by atoms with E-state index in [9.17, 15) is 24.3 Å². The number of hydrogen-bond donors (Lipinski definition) is 2. The monoisotopic (exact) mass is 532 g/mol. The lowest BCUT2D eigenvalue weighted by atomic mass is 10.1. The molecule has 4 aromatic rings. The largest absolute Gasteiger partial charge is 0.478 e. The fourth-order valence-electron chi connectivity index (χ4n) is 3.86. The SMILES string of the molecule is O=C(CN1C(=O)S/C(=C/c2ccc(-c3ccc(Cl)c(C(=O)O)c3)o2)C1=O)Nc1cccc2ccccc12. The van der Waals surface area contributed by atoms with Gasteiger partial charge >= 0.3 is 5.97 Å². The van der Waals surface area contributed by atoms with Crippen LogP contribution in [-0.2, 0) is 9.59 Å². The van der Waals surface area contributed by atoms with Crippen molar-refractivity contribution in [1.29, 1.82) is 0 Å². The van der Waals surface area contributed by atoms with Crippen LogP contribution in [0.2, 0.25) is 5.02 Å². The smallest absolute Gasteiger partial charge is 0.337 e. The molecule has 184 valence electrons. The van der Waals surface area contributed by atoms with E-state index in [0.717, 1.165) is 15.7 Å². The molecule has 0 atom stereocenters. The van der Waals surface area contributed by atoms with Crippen molar-refractivity contribution >= 4 is 68.9 Å². The van der Waals surface area contributed by atoms with Crippen molar-refractivity contribution in [3.63, 3.8) is 0 Å². The predicted molar refractivity (Wildman–Crippen MR) is 141 cm³/mol. The van der Waals surface area contributed by atoms with Gasteiger partial charge in [-0.1, -0.05) is 48.0 Å². The normalized spacial score (nSPS) is 14.5. The lowest BCUT2D eigenvalue weighted by Gasteiger charge is -2.13. The van der Waals surface area contributed by atoms with E-state index in [4.69, 9.17) is 16.0 Å². The zero-order valence-corrected chi connectivity index (χ0v) is 20.5. The summed E-state index contributed by atoms with van der Waals surface area (Å²) in [7, 11) is 0. The number of nitrogens with zero attached hydrogens (tertiary/aromatic N) is 1. The highest BCUT2D eigenvalue weighted by molar-refractivity contribution is 8.18. The second-order valence-corrected chi connectivity index (χ2v) is 9.44. The van der Waals surface area contributed by atoms with Crippen molar-refractivity contribution in [1.82, 2.24) is 4.90 Å². The lowest BCUT2D eigenvalue weighted by Crippen LogP contribution is -2.36. The number of aromatic carboxylic acids is 1. The molecule has 1 saturated heterocycles. The third-order valence-corrected chi connectivity index (χ3v) is 6.86. The van der Waals surface area contributed by atoms with Crippen molar-refractivity contribution in [3.05, 3.63) is 94.0 Å². The number of carboxylic acid groups (broad SMARTS) is 1. The maximum absolute atomic E-state index is 12.9. The Bertz CT molecular complexity index is 1620. The molecule has 0 saturated carbocycles. The van der Waals surface area contributed by atoms with E-state index in [1.54, 1.807) is 24.3 Å². The number of nitrogens with one attached hydrogen (secondary N) is 1. The van der Waals surface area contributed by atoms with Crippen molar-refractivity contribution in [2.24, 2.45) is 0 Å². The Hall–Kier alpha value is -4.34. The molecule has 0 bridgehead atoms. The molecule has 1 aromatic heterocycles. The van der Waals surface area contributed by atoms with Gasteiger partial charge in [-0.05, 0) is 53.5 Å². The Labute approximate surface area is 219 Å². The molecule has 37 heavy (non-hydrogen) atoms. The molecule has 0 aliphatic carbocycles. The van der Waals surface area contributed by atoms with Crippen LogP contribution in [0, 0.1) is 0 Å². The lowest BCUT2D eigenvalue weighted by molar-refractivity contribution is -0.127. The molecule has 3 amide bonds. The standard InChI is InChI=1S/C27H17ClN2O6S/c28-20-10-8-16(12-19(20)26(33)34)22-11-9-17(36-22)13-23-25(32)30(27(35)37-23)14-24(31)29-21-7-3-5-15-4-1-2-6-18(15)21/h1-13H,14H2,(H,29,31)(H,33,34)/b23-13+. The average Bonchev–Trinajstić information content (AvgIpc) is 3.44. The van der Waals surface area contributed by atoms with Crippen molar-refractivity contribution in [2.45, 2.75) is 0 Å². The highest BCUT2D eigenvalue weighted by atomic mass is 35.5. The van der Waals surface area contributed by atoms with Crippen molar-refractivity contribution in [2.75, 3.05) is 11.9 Å². The summed E-state index contributed by atoms with van der Waals surface area (Å²) in [6, 6.07) is 20.7. The third-order valence-electron chi connectivity index (χ3n) is 5.62. The molecule has 0 spiro atoms. The van der Waals surface area contributed by atoms with E-state index < -0.39 is 29.6 Å². The highest BCUT2D eigenvalue weighted by Crippen LogP contribution is 2.34. The average molecular weight is 533 g/mol. The Morgan fingerprint density at radius 3 is 2.62 bits per heavy atom. The highest BCUT2D eigenvalue weighted by Gasteiger charge is 2.36. The van der Waals surface area contributed by atoms with Gasteiger partial charge in [0.15, 0.2) is 0 Å². The molecule has 1 fully saturated rings. The summed E-state index contributed by atoms with van der Waals surface area (Å²) < 4.78 is 5.74. The number of furan rings is 1. The molecule has 2 heterocycles. The van der Waals surface area contributed by atoms with E-state index in [1.165, 1.54) is 18.2 Å². The minimum Gasteiger partial charge on any atom is -0.478 e. The minimum atomic E-state index is -1.17. The molecular weight excluding hydrogens is 516 g/mol. The van der Waals surface area contributed by atoms with E-state index >= 15 is 0 Å². The number of carbonyl (C=O) groups is 4. The molecular formula is C27H17ClN2O6S. The number of carboxylic acids is 1. The summed E-state index contributed by atoms with van der Waals surface area (Å²) in [5.41, 5.74) is 1.00. The van der Waals surface area contributed by atoms with Crippen LogP contribution in [0.1, 0.15) is 16.1 Å². The van der Waals surface area contributed by atoms with Gasteiger partial charge < -0.3 is 14.8 Å². The molecule has 0 radical (unpaired) electrons. The van der Waals surface area contributed by atoms with Gasteiger partial charge in [-0.15, -0.1) is 0 Å². The number of fused-ring (bicyclic) bond motifs is 1. The summed E-state index contributed by atoms with van der Waals surface area (Å²) in [4.78, 5) is 50.4. The van der Waals surface area contributed by atoms with Gasteiger partial charge in [-0.3, -0.25) is 19.3 Å². The zero-order valence-electron chi connectivity index (χ0n) is 18.9. The van der Waals surface area contributed by atoms with Crippen LogP contribution in [0.15, 0.2) is 82.1 Å². The summed E-state index contributed by atoms with van der Waals surface area (Å²) in [5.74, 6) is -1.64. The van der Waals surface area contributed by atoms with Gasteiger partial charge in [0, 0.05) is 22.7 Å². The topological polar surface area (TPSA) is 117 Å². The molecule has 3 aromatic carbocycles. The first kappa shape index (κ1) is 24.4. The molecule has 8 nitrogen and oxygen atoms in total. The van der Waals surface area contributed by atoms with Crippen molar-refractivity contribution in [3.8, 4) is 11.3 Å². The predicted octanol–water partition coefficient (Wildman–Crippen LogP) is 6.13. The maximum Gasteiger partial charge on any atom is 0.337 e. The number of rotatable bonds is 6. The van der Waals surface area contributed by atoms with Crippen LogP contribution < -0.4 is 5.32 Å². The minimum absolute atomic E-state index is 0.0694. The number of hydrogen-bond acceptors (Lipinski definition) is 6. The van der Waals surface area contributed by atoms with E-state index in [2.05, 4.69) is 5.32 Å². The van der Waals surface area contributed by atoms with Crippen LogP contribution in [-0.4, -0.2) is 39.6 Å². The molecule has 10 heteroatoms. The Morgan fingerprint density at radius 2 is 1.81 bits per heavy atom. The number of imide groups is 1. The first-order chi connectivity index (χ1) is 17.8. The summed E-state index contributed by atoms with van der Waals surface area (Å²) in [5, 5.41) is 13.4. The molecule has 0 unspecified atom stereocenters. The Balaban J connectivity index is 1.30. The number of halogens is 1. The fraction of sp³-hybridized carbons (Fsp3) is 0.0370. The van der Waals surface area contributed by atoms with E-state index in [-0.39, 0.29) is 21.3 Å². The molecule has 5 rings (SSSR count). The first-order valence-corrected chi connectivity index (χ1v) is 12.2. The van der Waals surface area contributed by atoms with Crippen LogP contribution in [0.4, 0.5) is 10.5 Å². The number of thioether (sulfide) groups is 1. The molecule has 1 aliphatic heterocycles. The van der Waals surface area contributed by atoms with Crippen LogP contribution in [0.3, 0.4) is 0 Å². The van der Waals surface area contributed by atoms with Gasteiger partial charge in [0.25, 0.3) is 11.1 Å². The molecule has 1 aliphatic rings. The van der Waals surface area contributed by atoms with E-state index in [0.29, 0.717) is 28.8 Å². The van der Waals surface area contributed by atoms with Crippen LogP contribution in [0.25, 0.3) is 28.2 Å². The van der Waals surface area contributed by atoms with Crippen LogP contribution in [0.5, 0.6) is 0 Å². The van der Waals surface area contributed by atoms with Crippen molar-refractivity contribution < 1.29 is 28.7 Å². The number of benzene rings is 3. The first-order valence-electron chi connectivity index (χ1n) is 11.0. The third kappa shape index (κ3) is 5.00. The summed E-state index contributed by atoms with van der Waals surface area (Å²) >= 11 is 6.63. The maximum atomic E-state index is 12.9. The zero-order chi connectivity index (χ0) is 26.1. The van der Waals surface area contributed by atoms with Gasteiger partial charge in [-0.2, -0.15) is 0 Å². The quantitative estimate of drug-likeness (QED) is 0.287. The number of amides is 3. The second-order valence-electron chi connectivity index (χ2n) is 8.04. The van der Waals surface area contributed by atoms with Gasteiger partial charge in [0.05, 0.1) is 15.5 Å². The fourth-order valence-corrected chi connectivity index (χ4v) is 4.88. The Kier molecular flexibility index (Phi) is 6.56. The van der Waals surface area contributed by atoms with Gasteiger partial charge in [0.2, 0.25) is 5.91 Å².